The summed E-state index contributed by atoms with van der Waals surface area (Å²) >= 11 is 0. The van der Waals surface area contributed by atoms with Crippen molar-refractivity contribution in [2.24, 2.45) is 0 Å². The van der Waals surface area contributed by atoms with Gasteiger partial charge in [-0.2, -0.15) is 5.10 Å². The summed E-state index contributed by atoms with van der Waals surface area (Å²) in [6.45, 7) is 0.377. The number of aromatic amines is 1. The van der Waals surface area contributed by atoms with Gasteiger partial charge in [-0.25, -0.2) is 14.1 Å². The summed E-state index contributed by atoms with van der Waals surface area (Å²) in [7, 11) is 1.70. The summed E-state index contributed by atoms with van der Waals surface area (Å²) in [6.07, 6.45) is 3.91. The molecule has 1 amide bonds. The second kappa shape index (κ2) is 8.28. The number of carbonyl (C=O) groups is 1. The summed E-state index contributed by atoms with van der Waals surface area (Å²) in [6, 6.07) is 13.3. The molecule has 30 heavy (non-hydrogen) atoms. The van der Waals surface area contributed by atoms with Gasteiger partial charge in [0.15, 0.2) is 0 Å². The van der Waals surface area contributed by atoms with Crippen LogP contribution in [0.25, 0.3) is 16.7 Å². The topological polar surface area (TPSA) is 83.9 Å². The number of amides is 1. The molecule has 4 rings (SSSR count). The number of hydrogen-bond acceptors (Lipinski definition) is 4. The molecule has 152 valence electrons. The number of aryl methyl sites for hydroxylation is 1. The van der Waals surface area contributed by atoms with Crippen LogP contribution >= 0.6 is 0 Å². The van der Waals surface area contributed by atoms with Gasteiger partial charge in [0.25, 0.3) is 5.56 Å². The van der Waals surface area contributed by atoms with Crippen molar-refractivity contribution in [3.63, 3.8) is 0 Å². The molecule has 0 radical (unpaired) electrons. The van der Waals surface area contributed by atoms with Gasteiger partial charge in [-0.05, 0) is 36.4 Å². The van der Waals surface area contributed by atoms with E-state index in [9.17, 15) is 14.0 Å². The normalized spacial score (nSPS) is 11.0. The lowest BCUT2D eigenvalue weighted by Crippen LogP contribution is -2.27. The summed E-state index contributed by atoms with van der Waals surface area (Å²) in [5.41, 5.74) is 3.02. The largest absolute Gasteiger partial charge is 0.341 e. The molecule has 0 saturated carbocycles. The van der Waals surface area contributed by atoms with E-state index in [1.54, 1.807) is 47.2 Å². The van der Waals surface area contributed by atoms with E-state index < -0.39 is 0 Å². The molecule has 0 fully saturated rings. The lowest BCUT2D eigenvalue weighted by molar-refractivity contribution is -0.130. The van der Waals surface area contributed by atoms with Crippen LogP contribution in [0.4, 0.5) is 4.39 Å². The number of benzene rings is 2. The zero-order valence-electron chi connectivity index (χ0n) is 16.4. The average molecular weight is 405 g/mol. The Hall–Kier alpha value is -3.81. The molecule has 0 aliphatic carbocycles. The van der Waals surface area contributed by atoms with Gasteiger partial charge in [0.2, 0.25) is 5.91 Å². The van der Waals surface area contributed by atoms with E-state index in [4.69, 9.17) is 0 Å². The monoisotopic (exact) mass is 405 g/mol. The highest BCUT2D eigenvalue weighted by molar-refractivity contribution is 5.76. The first-order chi connectivity index (χ1) is 14.5. The average Bonchev–Trinajstić information content (AvgIpc) is 3.20. The van der Waals surface area contributed by atoms with Crippen LogP contribution < -0.4 is 5.56 Å². The van der Waals surface area contributed by atoms with Crippen molar-refractivity contribution in [2.75, 3.05) is 7.05 Å². The highest BCUT2D eigenvalue weighted by Gasteiger charge is 2.13. The van der Waals surface area contributed by atoms with Crippen LogP contribution in [-0.2, 0) is 17.8 Å². The number of nitrogens with zero attached hydrogens (tertiary/aromatic N) is 4. The smallest absolute Gasteiger partial charge is 0.270 e. The SMILES string of the molecule is CN(Cc1cnn(-c2ccc(F)cc2)c1)C(=O)CCc1nc2ccccc2[nH]c1=O. The molecule has 4 aromatic rings. The van der Waals surface area contributed by atoms with Crippen LogP contribution in [0.1, 0.15) is 17.7 Å². The third kappa shape index (κ3) is 4.27. The molecule has 0 saturated heterocycles. The second-order valence-electron chi connectivity index (χ2n) is 7.05. The fraction of sp³-hybridized carbons (Fsp3) is 0.182. The maximum absolute atomic E-state index is 13.1. The number of rotatable bonds is 6. The van der Waals surface area contributed by atoms with Gasteiger partial charge in [-0.3, -0.25) is 9.59 Å². The summed E-state index contributed by atoms with van der Waals surface area (Å²) in [5, 5.41) is 4.26. The van der Waals surface area contributed by atoms with Crippen LogP contribution in [0.3, 0.4) is 0 Å². The molecule has 8 heteroatoms. The van der Waals surface area contributed by atoms with Crippen LogP contribution in [0.2, 0.25) is 0 Å². The van der Waals surface area contributed by atoms with Crippen LogP contribution in [-0.4, -0.2) is 37.6 Å². The fourth-order valence-electron chi connectivity index (χ4n) is 3.19. The Bertz CT molecular complexity index is 1250. The van der Waals surface area contributed by atoms with Crippen molar-refractivity contribution in [3.05, 3.63) is 88.4 Å². The Morgan fingerprint density at radius 2 is 1.93 bits per heavy atom. The first-order valence-electron chi connectivity index (χ1n) is 9.51. The quantitative estimate of drug-likeness (QED) is 0.535. The van der Waals surface area contributed by atoms with E-state index in [2.05, 4.69) is 15.1 Å². The summed E-state index contributed by atoms with van der Waals surface area (Å²) in [5.74, 6) is -0.407. The molecule has 0 spiro atoms. The van der Waals surface area contributed by atoms with E-state index >= 15 is 0 Å². The minimum Gasteiger partial charge on any atom is -0.341 e. The van der Waals surface area contributed by atoms with Gasteiger partial charge in [-0.1, -0.05) is 12.1 Å². The van der Waals surface area contributed by atoms with Gasteiger partial charge in [-0.15, -0.1) is 0 Å². The molecule has 0 atom stereocenters. The third-order valence-corrected chi connectivity index (χ3v) is 4.82. The number of fused-ring (bicyclic) bond motifs is 1. The highest BCUT2D eigenvalue weighted by atomic mass is 19.1. The van der Waals surface area contributed by atoms with Crippen molar-refractivity contribution in [1.29, 1.82) is 0 Å². The van der Waals surface area contributed by atoms with E-state index in [1.165, 1.54) is 12.1 Å². The van der Waals surface area contributed by atoms with Crippen LogP contribution in [0, 0.1) is 5.82 Å². The minimum absolute atomic E-state index is 0.0982. The molecule has 7 nitrogen and oxygen atoms in total. The lowest BCUT2D eigenvalue weighted by Gasteiger charge is -2.16. The standard InChI is InChI=1S/C22H20FN5O2/c1-27(13-15-12-24-28(14-15)17-8-6-16(23)7-9-17)21(29)11-10-20-22(30)26-19-5-3-2-4-18(19)25-20/h2-9,12,14H,10-11,13H2,1H3,(H,26,30). The van der Waals surface area contributed by atoms with Gasteiger partial charge >= 0.3 is 0 Å². The van der Waals surface area contributed by atoms with Crippen molar-refractivity contribution in [3.8, 4) is 5.69 Å². The first-order valence-corrected chi connectivity index (χ1v) is 9.51. The summed E-state index contributed by atoms with van der Waals surface area (Å²) < 4.78 is 14.7. The molecule has 0 aliphatic heterocycles. The highest BCUT2D eigenvalue weighted by Crippen LogP contribution is 2.12. The van der Waals surface area contributed by atoms with Gasteiger partial charge in [0, 0.05) is 38.2 Å². The molecule has 1 N–H and O–H groups in total. The Morgan fingerprint density at radius 1 is 1.17 bits per heavy atom. The van der Waals surface area contributed by atoms with Gasteiger partial charge in [0.05, 0.1) is 22.9 Å². The Labute approximate surface area is 171 Å². The zero-order valence-corrected chi connectivity index (χ0v) is 16.4. The number of H-pyrrole nitrogens is 1. The predicted octanol–water partition coefficient (Wildman–Crippen LogP) is 2.84. The van der Waals surface area contributed by atoms with Crippen LogP contribution in [0.15, 0.2) is 65.7 Å². The van der Waals surface area contributed by atoms with Crippen LogP contribution in [0.5, 0.6) is 0 Å². The Morgan fingerprint density at radius 3 is 2.73 bits per heavy atom. The molecule has 2 aromatic heterocycles. The molecule has 2 aromatic carbocycles. The predicted molar refractivity (Wildman–Crippen MR) is 111 cm³/mol. The number of hydrogen-bond donors (Lipinski definition) is 1. The summed E-state index contributed by atoms with van der Waals surface area (Å²) in [4.78, 5) is 33.5. The Kier molecular flexibility index (Phi) is 5.38. The molecule has 0 unspecified atom stereocenters. The number of para-hydroxylation sites is 2. The van der Waals surface area contributed by atoms with Gasteiger partial charge in [0.1, 0.15) is 11.5 Å². The van der Waals surface area contributed by atoms with Crippen molar-refractivity contribution in [2.45, 2.75) is 19.4 Å². The van der Waals surface area contributed by atoms with E-state index in [0.717, 1.165) is 11.3 Å². The number of nitrogens with one attached hydrogen (secondary N) is 1. The molecule has 0 bridgehead atoms. The fourth-order valence-corrected chi connectivity index (χ4v) is 3.19. The molecule has 2 heterocycles. The Balaban J connectivity index is 1.38. The molecular formula is C22H20FN5O2. The lowest BCUT2D eigenvalue weighted by atomic mass is 10.2. The minimum atomic E-state index is -0.309. The third-order valence-electron chi connectivity index (χ3n) is 4.82. The van der Waals surface area contributed by atoms with Gasteiger partial charge < -0.3 is 9.88 Å². The second-order valence-corrected chi connectivity index (χ2v) is 7.05. The molecular weight excluding hydrogens is 385 g/mol. The maximum atomic E-state index is 13.1. The van der Waals surface area contributed by atoms with Crippen molar-refractivity contribution in [1.82, 2.24) is 24.6 Å². The number of halogens is 1. The number of carbonyl (C=O) groups excluding carboxylic acids is 1. The molecule has 0 aliphatic rings. The van der Waals surface area contributed by atoms with E-state index in [-0.39, 0.29) is 30.1 Å². The van der Waals surface area contributed by atoms with E-state index in [0.29, 0.717) is 23.3 Å². The van der Waals surface area contributed by atoms with Crippen molar-refractivity contribution < 1.29 is 9.18 Å². The first kappa shape index (κ1) is 19.5. The zero-order chi connectivity index (χ0) is 21.1. The number of aromatic nitrogens is 4. The van der Waals surface area contributed by atoms with E-state index in [1.807, 2.05) is 18.2 Å². The maximum Gasteiger partial charge on any atom is 0.270 e. The van der Waals surface area contributed by atoms with Crippen molar-refractivity contribution >= 4 is 16.9 Å².